The Labute approximate surface area is 81.4 Å². The molecular weight excluding hydrogens is 192 g/mol. The number of halogens is 1. The van der Waals surface area contributed by atoms with Gasteiger partial charge in [0.05, 0.1) is 19.0 Å². The molecule has 0 aliphatic carbocycles. The molecule has 4 heteroatoms. The fourth-order valence-corrected chi connectivity index (χ4v) is 1.13. The highest BCUT2D eigenvalue weighted by Crippen LogP contribution is 2.19. The second-order valence-electron chi connectivity index (χ2n) is 2.40. The maximum Gasteiger partial charge on any atom is 0.341 e. The lowest BCUT2D eigenvalue weighted by molar-refractivity contribution is -0.148. The quantitative estimate of drug-likeness (QED) is 0.701. The molecule has 0 saturated heterocycles. The minimum Gasteiger partial charge on any atom is -0.467 e. The molecule has 3 nitrogen and oxygen atoms in total. The van der Waals surface area contributed by atoms with E-state index in [-0.39, 0.29) is 0 Å². The van der Waals surface area contributed by atoms with Gasteiger partial charge in [-0.2, -0.15) is 0 Å². The summed E-state index contributed by atoms with van der Waals surface area (Å²) in [6.45, 7) is 0. The fourth-order valence-electron chi connectivity index (χ4n) is 0.959. The van der Waals surface area contributed by atoms with Gasteiger partial charge in [-0.3, -0.25) is 4.29 Å². The van der Waals surface area contributed by atoms with Crippen molar-refractivity contribution in [2.45, 2.75) is 6.10 Å². The molecule has 0 N–H and O–H groups in total. The van der Waals surface area contributed by atoms with Crippen LogP contribution in [0.25, 0.3) is 0 Å². The standard InChI is InChI=1S/C9H9ClO3/c1-12-9(11)8(13-10)7-5-3-2-4-6-7/h2-6,8H,1H3/t8-/m1/s1. The van der Waals surface area contributed by atoms with Gasteiger partial charge in [-0.1, -0.05) is 30.3 Å². The minimum atomic E-state index is -0.854. The van der Waals surface area contributed by atoms with E-state index >= 15 is 0 Å². The highest BCUT2D eigenvalue weighted by atomic mass is 35.5. The number of rotatable bonds is 3. The molecule has 0 radical (unpaired) electrons. The normalized spacial score (nSPS) is 12.2. The molecule has 0 aliphatic heterocycles. The summed E-state index contributed by atoms with van der Waals surface area (Å²) in [5.74, 6) is -0.513. The summed E-state index contributed by atoms with van der Waals surface area (Å²) in [7, 11) is 1.29. The van der Waals surface area contributed by atoms with Crippen molar-refractivity contribution in [3.05, 3.63) is 35.9 Å². The maximum atomic E-state index is 11.1. The Kier molecular flexibility index (Phi) is 3.73. The Morgan fingerprint density at radius 2 is 2.00 bits per heavy atom. The van der Waals surface area contributed by atoms with Crippen LogP contribution in [0.5, 0.6) is 0 Å². The Hall–Kier alpha value is -1.06. The summed E-state index contributed by atoms with van der Waals surface area (Å²) in [4.78, 5) is 11.1. The van der Waals surface area contributed by atoms with Gasteiger partial charge in [-0.05, 0) is 5.56 Å². The van der Waals surface area contributed by atoms with Crippen LogP contribution in [0.4, 0.5) is 0 Å². The van der Waals surface area contributed by atoms with Crippen LogP contribution in [0.2, 0.25) is 0 Å². The fraction of sp³-hybridized carbons (Fsp3) is 0.222. The molecule has 0 saturated carbocycles. The summed E-state index contributed by atoms with van der Waals surface area (Å²) in [5, 5.41) is 0. The van der Waals surface area contributed by atoms with Gasteiger partial charge >= 0.3 is 5.97 Å². The number of hydrogen-bond acceptors (Lipinski definition) is 3. The van der Waals surface area contributed by atoms with E-state index < -0.39 is 12.1 Å². The van der Waals surface area contributed by atoms with E-state index in [1.807, 2.05) is 6.07 Å². The second kappa shape index (κ2) is 4.84. The molecule has 1 aromatic carbocycles. The zero-order chi connectivity index (χ0) is 9.68. The van der Waals surface area contributed by atoms with E-state index in [2.05, 4.69) is 9.03 Å². The van der Waals surface area contributed by atoms with Crippen molar-refractivity contribution in [1.82, 2.24) is 0 Å². The SMILES string of the molecule is COC(=O)[C@H](OCl)c1ccccc1. The Morgan fingerprint density at radius 1 is 1.38 bits per heavy atom. The molecule has 13 heavy (non-hydrogen) atoms. The van der Waals surface area contributed by atoms with Gasteiger partial charge in [-0.15, -0.1) is 0 Å². The molecule has 0 aromatic heterocycles. The van der Waals surface area contributed by atoms with Crippen LogP contribution in [-0.2, 0) is 13.8 Å². The maximum absolute atomic E-state index is 11.1. The zero-order valence-corrected chi connectivity index (χ0v) is 7.82. The van der Waals surface area contributed by atoms with E-state index in [0.717, 1.165) is 0 Å². The molecule has 1 aromatic rings. The molecule has 1 rings (SSSR count). The molecule has 0 amide bonds. The van der Waals surface area contributed by atoms with Gasteiger partial charge in [0.25, 0.3) is 0 Å². The minimum absolute atomic E-state index is 0.513. The van der Waals surface area contributed by atoms with Gasteiger partial charge in [0.15, 0.2) is 0 Å². The topological polar surface area (TPSA) is 35.5 Å². The molecular formula is C9H9ClO3. The van der Waals surface area contributed by atoms with Gasteiger partial charge < -0.3 is 4.74 Å². The lowest BCUT2D eigenvalue weighted by Crippen LogP contribution is -2.14. The van der Waals surface area contributed by atoms with E-state index in [1.165, 1.54) is 7.11 Å². The Balaban J connectivity index is 2.85. The first kappa shape index (κ1) is 10.0. The number of methoxy groups -OCH3 is 1. The molecule has 0 fully saturated rings. The number of hydrogen-bond donors (Lipinski definition) is 0. The predicted octanol–water partition coefficient (Wildman–Crippen LogP) is 2.07. The zero-order valence-electron chi connectivity index (χ0n) is 7.07. The van der Waals surface area contributed by atoms with Crippen molar-refractivity contribution in [3.63, 3.8) is 0 Å². The van der Waals surface area contributed by atoms with E-state index in [0.29, 0.717) is 5.56 Å². The molecule has 0 aliphatic rings. The number of benzene rings is 1. The van der Waals surface area contributed by atoms with Crippen LogP contribution in [-0.4, -0.2) is 13.1 Å². The van der Waals surface area contributed by atoms with Crippen LogP contribution in [0.15, 0.2) is 30.3 Å². The van der Waals surface area contributed by atoms with Crippen LogP contribution >= 0.6 is 11.9 Å². The van der Waals surface area contributed by atoms with E-state index in [1.54, 1.807) is 24.3 Å². The van der Waals surface area contributed by atoms with E-state index in [4.69, 9.17) is 11.9 Å². The second-order valence-corrected chi connectivity index (χ2v) is 2.58. The van der Waals surface area contributed by atoms with Crippen molar-refractivity contribution < 1.29 is 13.8 Å². The smallest absolute Gasteiger partial charge is 0.341 e. The largest absolute Gasteiger partial charge is 0.467 e. The first-order valence-electron chi connectivity index (χ1n) is 3.69. The summed E-state index contributed by atoms with van der Waals surface area (Å²) in [6.07, 6.45) is -0.854. The summed E-state index contributed by atoms with van der Waals surface area (Å²) in [6, 6.07) is 8.91. The third-order valence-corrected chi connectivity index (χ3v) is 1.78. The predicted molar refractivity (Wildman–Crippen MR) is 48.1 cm³/mol. The number of carbonyl (C=O) groups is 1. The Morgan fingerprint density at radius 3 is 2.46 bits per heavy atom. The number of ether oxygens (including phenoxy) is 1. The van der Waals surface area contributed by atoms with Crippen LogP contribution in [0.3, 0.4) is 0 Å². The van der Waals surface area contributed by atoms with Crippen LogP contribution in [0.1, 0.15) is 11.7 Å². The third-order valence-electron chi connectivity index (χ3n) is 1.61. The van der Waals surface area contributed by atoms with Gasteiger partial charge in [-0.25, -0.2) is 4.79 Å². The third kappa shape index (κ3) is 2.44. The lowest BCUT2D eigenvalue weighted by atomic mass is 10.1. The van der Waals surface area contributed by atoms with Gasteiger partial charge in [0, 0.05) is 0 Å². The van der Waals surface area contributed by atoms with Crippen molar-refractivity contribution in [2.75, 3.05) is 7.11 Å². The van der Waals surface area contributed by atoms with Gasteiger partial charge in [0.2, 0.25) is 6.10 Å². The molecule has 0 bridgehead atoms. The monoisotopic (exact) mass is 200 g/mol. The highest BCUT2D eigenvalue weighted by Gasteiger charge is 2.21. The molecule has 0 heterocycles. The molecule has 0 unspecified atom stereocenters. The number of esters is 1. The van der Waals surface area contributed by atoms with Crippen LogP contribution in [0, 0.1) is 0 Å². The van der Waals surface area contributed by atoms with Crippen molar-refractivity contribution in [3.8, 4) is 0 Å². The summed E-state index contributed by atoms with van der Waals surface area (Å²) >= 11 is 5.17. The van der Waals surface area contributed by atoms with Crippen molar-refractivity contribution in [1.29, 1.82) is 0 Å². The van der Waals surface area contributed by atoms with Gasteiger partial charge in [0.1, 0.15) is 0 Å². The van der Waals surface area contributed by atoms with E-state index in [9.17, 15) is 4.79 Å². The van der Waals surface area contributed by atoms with Crippen molar-refractivity contribution >= 4 is 17.8 Å². The lowest BCUT2D eigenvalue weighted by Gasteiger charge is -2.10. The average Bonchev–Trinajstić information content (AvgIpc) is 2.20. The summed E-state index contributed by atoms with van der Waals surface area (Å²) in [5.41, 5.74) is 0.671. The number of carbonyl (C=O) groups excluding carboxylic acids is 1. The average molecular weight is 201 g/mol. The first-order chi connectivity index (χ1) is 6.29. The highest BCUT2D eigenvalue weighted by molar-refractivity contribution is 6.08. The van der Waals surface area contributed by atoms with Crippen LogP contribution < -0.4 is 0 Å². The molecule has 70 valence electrons. The first-order valence-corrected chi connectivity index (χ1v) is 4.00. The molecule has 0 spiro atoms. The summed E-state index contributed by atoms with van der Waals surface area (Å²) < 4.78 is 9.00. The Bertz CT molecular complexity index is 273. The molecule has 1 atom stereocenters. The van der Waals surface area contributed by atoms with Crippen molar-refractivity contribution in [2.24, 2.45) is 0 Å².